The van der Waals surface area contributed by atoms with Crippen LogP contribution >= 0.6 is 11.8 Å². The summed E-state index contributed by atoms with van der Waals surface area (Å²) in [6.07, 6.45) is -0.688. The van der Waals surface area contributed by atoms with Crippen LogP contribution in [0, 0.1) is 5.92 Å². The summed E-state index contributed by atoms with van der Waals surface area (Å²) in [5.41, 5.74) is 5.16. The molecule has 10 heteroatoms. The van der Waals surface area contributed by atoms with Crippen molar-refractivity contribution >= 4 is 29.6 Å². The van der Waals surface area contributed by atoms with Crippen molar-refractivity contribution < 1.29 is 59.3 Å². The van der Waals surface area contributed by atoms with E-state index in [0.717, 1.165) is 16.7 Å². The van der Waals surface area contributed by atoms with Crippen LogP contribution < -0.4 is 40.4 Å². The molecular weight excluding hydrogens is 323 g/mol. The van der Waals surface area contributed by atoms with E-state index >= 15 is 0 Å². The Morgan fingerprint density at radius 3 is 2.55 bits per heavy atom. The SMILES string of the molecule is CC(O)C1C(=O)N2C(C(=O)[O-])=C(CCC(N)C(=O)O)S[C@@H]12.[Na+]. The van der Waals surface area contributed by atoms with Crippen molar-refractivity contribution in [2.45, 2.75) is 37.3 Å². The number of aliphatic hydroxyl groups excluding tert-OH is 1. The predicted molar refractivity (Wildman–Crippen MR) is 70.3 cm³/mol. The first-order valence-corrected chi connectivity index (χ1v) is 7.24. The van der Waals surface area contributed by atoms with E-state index in [1.165, 1.54) is 6.92 Å². The molecule has 8 nitrogen and oxygen atoms in total. The van der Waals surface area contributed by atoms with Crippen LogP contribution in [0.2, 0.25) is 0 Å². The number of carbonyl (C=O) groups is 3. The number of thioether (sulfide) groups is 1. The number of aliphatic carboxylic acids is 2. The topological polar surface area (TPSA) is 144 Å². The normalized spacial score (nSPS) is 26.0. The largest absolute Gasteiger partial charge is 1.00 e. The maximum atomic E-state index is 11.9. The molecule has 1 fully saturated rings. The first-order chi connectivity index (χ1) is 9.75. The number of hydrogen-bond acceptors (Lipinski definition) is 7. The van der Waals surface area contributed by atoms with Crippen molar-refractivity contribution in [2.75, 3.05) is 0 Å². The molecule has 3 unspecified atom stereocenters. The zero-order valence-electron chi connectivity index (χ0n) is 12.2. The van der Waals surface area contributed by atoms with E-state index in [-0.39, 0.29) is 48.1 Å². The number of β-lactam (4-membered cyclic amide) rings is 1. The molecule has 0 aromatic rings. The molecule has 116 valence electrons. The van der Waals surface area contributed by atoms with Crippen molar-refractivity contribution in [1.82, 2.24) is 4.90 Å². The van der Waals surface area contributed by atoms with Gasteiger partial charge in [-0.25, -0.2) is 0 Å². The average Bonchev–Trinajstić information content (AvgIpc) is 2.69. The van der Waals surface area contributed by atoms with Crippen LogP contribution in [0.3, 0.4) is 0 Å². The summed E-state index contributed by atoms with van der Waals surface area (Å²) in [6.45, 7) is 1.47. The number of allylic oxidation sites excluding steroid dienone is 1. The van der Waals surface area contributed by atoms with E-state index in [1.807, 2.05) is 0 Å². The summed E-state index contributed by atoms with van der Waals surface area (Å²) in [6, 6.07) is -1.10. The zero-order valence-corrected chi connectivity index (χ0v) is 15.0. The van der Waals surface area contributed by atoms with Crippen LogP contribution in [0.15, 0.2) is 10.6 Å². The minimum absolute atomic E-state index is 0. The number of carboxylic acids is 2. The number of nitrogens with zero attached hydrogens (tertiary/aromatic N) is 1. The van der Waals surface area contributed by atoms with Gasteiger partial charge in [-0.2, -0.15) is 0 Å². The number of nitrogens with two attached hydrogens (primary N) is 1. The molecule has 1 amide bonds. The Morgan fingerprint density at radius 1 is 1.50 bits per heavy atom. The van der Waals surface area contributed by atoms with Gasteiger partial charge in [-0.1, -0.05) is 0 Å². The molecule has 0 saturated carbocycles. The zero-order chi connectivity index (χ0) is 15.9. The van der Waals surface area contributed by atoms with E-state index in [4.69, 9.17) is 10.8 Å². The quantitative estimate of drug-likeness (QED) is 0.323. The number of rotatable bonds is 6. The van der Waals surface area contributed by atoms with Crippen LogP contribution in [-0.4, -0.2) is 50.5 Å². The van der Waals surface area contributed by atoms with Gasteiger partial charge in [-0.3, -0.25) is 14.5 Å². The molecule has 2 heterocycles. The molecular formula is C12H15N2NaO6S. The van der Waals surface area contributed by atoms with E-state index in [1.54, 1.807) is 0 Å². The van der Waals surface area contributed by atoms with E-state index in [0.29, 0.717) is 4.91 Å². The smallest absolute Gasteiger partial charge is 0.543 e. The second kappa shape index (κ2) is 7.33. The van der Waals surface area contributed by atoms with Crippen molar-refractivity contribution in [3.8, 4) is 0 Å². The van der Waals surface area contributed by atoms with Crippen LogP contribution in [0.25, 0.3) is 0 Å². The fourth-order valence-corrected chi connectivity index (χ4v) is 4.06. The van der Waals surface area contributed by atoms with Crippen LogP contribution in [0.5, 0.6) is 0 Å². The molecule has 0 spiro atoms. The first-order valence-electron chi connectivity index (χ1n) is 6.36. The van der Waals surface area contributed by atoms with Gasteiger partial charge in [0.2, 0.25) is 5.91 Å². The van der Waals surface area contributed by atoms with Crippen molar-refractivity contribution in [3.63, 3.8) is 0 Å². The Hall–Kier alpha value is -0.580. The predicted octanol–water partition coefficient (Wildman–Crippen LogP) is -4.94. The Bertz CT molecular complexity index is 538. The summed E-state index contributed by atoms with van der Waals surface area (Å²) in [5.74, 6) is -3.77. The van der Waals surface area contributed by atoms with Gasteiger partial charge < -0.3 is 25.8 Å². The third-order valence-corrected chi connectivity index (χ3v) is 4.99. The van der Waals surface area contributed by atoms with Crippen LogP contribution in [0.4, 0.5) is 0 Å². The summed E-state index contributed by atoms with van der Waals surface area (Å²) in [7, 11) is 0. The molecule has 2 aliphatic rings. The van der Waals surface area contributed by atoms with Crippen molar-refractivity contribution in [2.24, 2.45) is 11.7 Å². The van der Waals surface area contributed by atoms with Gasteiger partial charge in [0.05, 0.1) is 23.7 Å². The minimum Gasteiger partial charge on any atom is -0.543 e. The number of hydrogen-bond donors (Lipinski definition) is 3. The second-order valence-corrected chi connectivity index (χ2v) is 6.24. The van der Waals surface area contributed by atoms with Gasteiger partial charge in [0.25, 0.3) is 0 Å². The number of aliphatic hydroxyl groups is 1. The number of fused-ring (bicyclic) bond motifs is 1. The molecule has 2 rings (SSSR count). The maximum absolute atomic E-state index is 11.9. The third-order valence-electron chi connectivity index (χ3n) is 3.56. The van der Waals surface area contributed by atoms with Gasteiger partial charge in [0.1, 0.15) is 11.4 Å². The standard InChI is InChI=1S/C12H16N2O6S.Na/c1-4(15)7-9(16)14-8(12(19)20)6(21-10(7)14)3-2-5(13)11(17)18;/h4-5,7,10,15H,2-3,13H2,1H3,(H,17,18)(H,19,20);/q;+1/p-1/t4?,5?,7?,10-;/m0./s1. The molecule has 4 atom stereocenters. The first kappa shape index (κ1) is 19.5. The summed E-state index contributed by atoms with van der Waals surface area (Å²) in [4.78, 5) is 35.3. The van der Waals surface area contributed by atoms with Gasteiger partial charge in [0, 0.05) is 4.91 Å². The van der Waals surface area contributed by atoms with Gasteiger partial charge in [0.15, 0.2) is 0 Å². The van der Waals surface area contributed by atoms with Crippen molar-refractivity contribution in [1.29, 1.82) is 0 Å². The van der Waals surface area contributed by atoms with E-state index in [2.05, 4.69) is 0 Å². The van der Waals surface area contributed by atoms with E-state index < -0.39 is 41.3 Å². The minimum atomic E-state index is -1.48. The van der Waals surface area contributed by atoms with Gasteiger partial charge in [-0.15, -0.1) is 11.8 Å². The molecule has 0 radical (unpaired) electrons. The molecule has 0 aromatic heterocycles. The Balaban J connectivity index is 0.00000242. The number of amides is 1. The van der Waals surface area contributed by atoms with Crippen LogP contribution in [-0.2, 0) is 14.4 Å². The number of carbonyl (C=O) groups excluding carboxylic acids is 2. The fourth-order valence-electron chi connectivity index (χ4n) is 2.43. The molecule has 22 heavy (non-hydrogen) atoms. The third kappa shape index (κ3) is 3.34. The average molecular weight is 338 g/mol. The van der Waals surface area contributed by atoms with Gasteiger partial charge >= 0.3 is 35.5 Å². The summed E-state index contributed by atoms with van der Waals surface area (Å²) in [5, 5.41) is 29.0. The Morgan fingerprint density at radius 2 is 2.09 bits per heavy atom. The molecule has 0 aliphatic carbocycles. The second-order valence-electron chi connectivity index (χ2n) is 5.03. The molecule has 4 N–H and O–H groups in total. The molecule has 2 aliphatic heterocycles. The molecule has 0 aromatic carbocycles. The maximum Gasteiger partial charge on any atom is 1.00 e. The summed E-state index contributed by atoms with van der Waals surface area (Å²) < 4.78 is 0. The van der Waals surface area contributed by atoms with Gasteiger partial charge in [-0.05, 0) is 19.8 Å². The Kier molecular flexibility index (Phi) is 6.48. The van der Waals surface area contributed by atoms with Crippen LogP contribution in [0.1, 0.15) is 19.8 Å². The Labute approximate surface area is 153 Å². The molecule has 0 bridgehead atoms. The number of carboxylic acid groups (broad SMARTS) is 2. The monoisotopic (exact) mass is 338 g/mol. The van der Waals surface area contributed by atoms with E-state index in [9.17, 15) is 24.6 Å². The summed E-state index contributed by atoms with van der Waals surface area (Å²) >= 11 is 1.15. The molecule has 1 saturated heterocycles. The fraction of sp³-hybridized carbons (Fsp3) is 0.583. The van der Waals surface area contributed by atoms with Crippen molar-refractivity contribution in [3.05, 3.63) is 10.6 Å².